The van der Waals surface area contributed by atoms with Gasteiger partial charge in [-0.25, -0.2) is 4.98 Å². The normalized spacial score (nSPS) is 10.8. The molecule has 0 aliphatic heterocycles. The lowest BCUT2D eigenvalue weighted by molar-refractivity contribution is -0.119. The molecule has 0 saturated carbocycles. The summed E-state index contributed by atoms with van der Waals surface area (Å²) in [7, 11) is 0. The minimum absolute atomic E-state index is 0. The molecule has 1 aromatic carbocycles. The second kappa shape index (κ2) is 10.1. The summed E-state index contributed by atoms with van der Waals surface area (Å²) in [6, 6.07) is 9.37. The molecule has 3 N–H and O–H groups in total. The van der Waals surface area contributed by atoms with Crippen LogP contribution in [0.15, 0.2) is 36.5 Å². The fourth-order valence-corrected chi connectivity index (χ4v) is 1.83. The fourth-order valence-electron chi connectivity index (χ4n) is 1.83. The molecule has 2 rings (SSSR count). The molecule has 0 saturated heterocycles. The number of nitrogens with one attached hydrogen (secondary N) is 1. The Morgan fingerprint density at radius 3 is 2.54 bits per heavy atom. The molecule has 1 amide bonds. The SMILES string of the molecule is Cc1cccc(Oc2ccc(NC(=O)C(C)CN)cn2)c1C.Cl.Cl. The van der Waals surface area contributed by atoms with E-state index in [4.69, 9.17) is 10.5 Å². The average molecular weight is 372 g/mol. The van der Waals surface area contributed by atoms with Gasteiger partial charge in [-0.15, -0.1) is 24.8 Å². The number of aryl methyl sites for hydroxylation is 1. The monoisotopic (exact) mass is 371 g/mol. The Hall–Kier alpha value is -1.82. The van der Waals surface area contributed by atoms with Gasteiger partial charge in [0.25, 0.3) is 0 Å². The van der Waals surface area contributed by atoms with Gasteiger partial charge in [-0.3, -0.25) is 4.79 Å². The second-order valence-corrected chi connectivity index (χ2v) is 5.31. The zero-order chi connectivity index (χ0) is 16.1. The van der Waals surface area contributed by atoms with Crippen molar-refractivity contribution in [2.45, 2.75) is 20.8 Å². The van der Waals surface area contributed by atoms with Gasteiger partial charge in [-0.05, 0) is 37.1 Å². The number of amides is 1. The molecule has 0 radical (unpaired) electrons. The fraction of sp³-hybridized carbons (Fsp3) is 0.294. The summed E-state index contributed by atoms with van der Waals surface area (Å²) in [6.07, 6.45) is 1.57. The van der Waals surface area contributed by atoms with Gasteiger partial charge < -0.3 is 15.8 Å². The number of carbonyl (C=O) groups is 1. The summed E-state index contributed by atoms with van der Waals surface area (Å²) < 4.78 is 5.77. The molecular weight excluding hydrogens is 349 g/mol. The van der Waals surface area contributed by atoms with Gasteiger partial charge in [0, 0.05) is 18.5 Å². The highest BCUT2D eigenvalue weighted by Gasteiger charge is 2.11. The molecule has 0 bridgehead atoms. The van der Waals surface area contributed by atoms with Gasteiger partial charge in [-0.1, -0.05) is 19.1 Å². The standard InChI is InChI=1S/C17H21N3O2.2ClH/c1-11-5-4-6-15(13(11)3)22-16-8-7-14(10-19-16)20-17(21)12(2)9-18;;/h4-8,10,12H,9,18H2,1-3H3,(H,20,21);2*1H. The van der Waals surface area contributed by atoms with Gasteiger partial charge in [0.05, 0.1) is 11.9 Å². The van der Waals surface area contributed by atoms with Crippen molar-refractivity contribution in [3.8, 4) is 11.6 Å². The molecule has 0 aliphatic rings. The Labute approximate surface area is 154 Å². The van der Waals surface area contributed by atoms with Crippen LogP contribution in [0.5, 0.6) is 11.6 Å². The lowest BCUT2D eigenvalue weighted by atomic mass is 10.1. The number of hydrogen-bond acceptors (Lipinski definition) is 4. The number of benzene rings is 1. The van der Waals surface area contributed by atoms with Crippen LogP contribution in [0.1, 0.15) is 18.1 Å². The van der Waals surface area contributed by atoms with Crippen molar-refractivity contribution in [1.29, 1.82) is 0 Å². The molecule has 0 fully saturated rings. The molecule has 0 spiro atoms. The van der Waals surface area contributed by atoms with Crippen LogP contribution < -0.4 is 15.8 Å². The van der Waals surface area contributed by atoms with Crippen molar-refractivity contribution >= 4 is 36.4 Å². The molecular formula is C17H23Cl2N3O2. The first-order valence-electron chi connectivity index (χ1n) is 7.22. The van der Waals surface area contributed by atoms with E-state index < -0.39 is 0 Å². The number of carbonyl (C=O) groups excluding carboxylic acids is 1. The zero-order valence-electron chi connectivity index (χ0n) is 13.9. The number of hydrogen-bond donors (Lipinski definition) is 2. The average Bonchev–Trinajstić information content (AvgIpc) is 2.52. The molecule has 1 atom stereocenters. The van der Waals surface area contributed by atoms with E-state index in [1.165, 1.54) is 0 Å². The number of ether oxygens (including phenoxy) is 1. The van der Waals surface area contributed by atoms with E-state index >= 15 is 0 Å². The van der Waals surface area contributed by atoms with E-state index in [-0.39, 0.29) is 36.6 Å². The number of nitrogens with zero attached hydrogens (tertiary/aromatic N) is 1. The molecule has 0 aliphatic carbocycles. The lowest BCUT2D eigenvalue weighted by Gasteiger charge is -2.11. The van der Waals surface area contributed by atoms with E-state index in [9.17, 15) is 4.79 Å². The van der Waals surface area contributed by atoms with Crippen LogP contribution in [0.2, 0.25) is 0 Å². The number of halogens is 2. The number of rotatable bonds is 5. The van der Waals surface area contributed by atoms with Crippen molar-refractivity contribution in [2.24, 2.45) is 11.7 Å². The van der Waals surface area contributed by atoms with E-state index in [1.807, 2.05) is 32.0 Å². The topological polar surface area (TPSA) is 77.2 Å². The van der Waals surface area contributed by atoms with Crippen LogP contribution in [0.3, 0.4) is 0 Å². The Morgan fingerprint density at radius 2 is 1.96 bits per heavy atom. The van der Waals surface area contributed by atoms with Crippen molar-refractivity contribution < 1.29 is 9.53 Å². The molecule has 1 aromatic heterocycles. The summed E-state index contributed by atoms with van der Waals surface area (Å²) in [5.74, 6) is 0.915. The Balaban J connectivity index is 0.00000264. The van der Waals surface area contributed by atoms with Gasteiger partial charge in [-0.2, -0.15) is 0 Å². The minimum Gasteiger partial charge on any atom is -0.439 e. The first-order valence-corrected chi connectivity index (χ1v) is 7.22. The van der Waals surface area contributed by atoms with Gasteiger partial charge in [0.15, 0.2) is 0 Å². The molecule has 7 heteroatoms. The number of anilines is 1. The number of pyridine rings is 1. The smallest absolute Gasteiger partial charge is 0.228 e. The Bertz CT molecular complexity index is 663. The highest BCUT2D eigenvalue weighted by molar-refractivity contribution is 5.92. The summed E-state index contributed by atoms with van der Waals surface area (Å²) in [4.78, 5) is 16.0. The van der Waals surface area contributed by atoms with Crippen LogP contribution in [0.25, 0.3) is 0 Å². The van der Waals surface area contributed by atoms with Crippen LogP contribution in [0.4, 0.5) is 5.69 Å². The number of aromatic nitrogens is 1. The maximum absolute atomic E-state index is 11.8. The summed E-state index contributed by atoms with van der Waals surface area (Å²) in [5, 5.41) is 2.77. The van der Waals surface area contributed by atoms with E-state index in [1.54, 1.807) is 25.3 Å². The van der Waals surface area contributed by atoms with Gasteiger partial charge in [0.2, 0.25) is 11.8 Å². The van der Waals surface area contributed by atoms with Crippen molar-refractivity contribution in [1.82, 2.24) is 4.98 Å². The van der Waals surface area contributed by atoms with E-state index in [2.05, 4.69) is 10.3 Å². The molecule has 1 unspecified atom stereocenters. The van der Waals surface area contributed by atoms with Gasteiger partial charge >= 0.3 is 0 Å². The van der Waals surface area contributed by atoms with E-state index in [0.29, 0.717) is 18.1 Å². The first kappa shape index (κ1) is 22.2. The predicted octanol–water partition coefficient (Wildman–Crippen LogP) is 3.87. The highest BCUT2D eigenvalue weighted by atomic mass is 35.5. The van der Waals surface area contributed by atoms with E-state index in [0.717, 1.165) is 16.9 Å². The molecule has 1 heterocycles. The van der Waals surface area contributed by atoms with Gasteiger partial charge in [0.1, 0.15) is 5.75 Å². The molecule has 2 aromatic rings. The van der Waals surface area contributed by atoms with Crippen LogP contribution in [0, 0.1) is 19.8 Å². The maximum Gasteiger partial charge on any atom is 0.228 e. The molecule has 24 heavy (non-hydrogen) atoms. The van der Waals surface area contributed by atoms with Crippen LogP contribution in [-0.2, 0) is 4.79 Å². The van der Waals surface area contributed by atoms with Crippen molar-refractivity contribution in [3.63, 3.8) is 0 Å². The molecule has 132 valence electrons. The third-order valence-electron chi connectivity index (χ3n) is 3.57. The first-order chi connectivity index (χ1) is 10.5. The zero-order valence-corrected chi connectivity index (χ0v) is 15.5. The Morgan fingerprint density at radius 1 is 1.25 bits per heavy atom. The Kier molecular flexibility index (Phi) is 9.36. The predicted molar refractivity (Wildman–Crippen MR) is 102 cm³/mol. The second-order valence-electron chi connectivity index (χ2n) is 5.31. The highest BCUT2D eigenvalue weighted by Crippen LogP contribution is 2.26. The lowest BCUT2D eigenvalue weighted by Crippen LogP contribution is -2.26. The summed E-state index contributed by atoms with van der Waals surface area (Å²) >= 11 is 0. The van der Waals surface area contributed by atoms with Crippen molar-refractivity contribution in [3.05, 3.63) is 47.7 Å². The van der Waals surface area contributed by atoms with Crippen LogP contribution in [-0.4, -0.2) is 17.4 Å². The maximum atomic E-state index is 11.8. The van der Waals surface area contributed by atoms with Crippen LogP contribution >= 0.6 is 24.8 Å². The number of nitrogens with two attached hydrogens (primary N) is 1. The minimum atomic E-state index is -0.231. The third-order valence-corrected chi connectivity index (χ3v) is 3.57. The largest absolute Gasteiger partial charge is 0.439 e. The van der Waals surface area contributed by atoms with Crippen molar-refractivity contribution in [2.75, 3.05) is 11.9 Å². The quantitative estimate of drug-likeness (QED) is 0.835. The summed E-state index contributed by atoms with van der Waals surface area (Å²) in [6.45, 7) is 6.13. The third kappa shape index (κ3) is 5.67. The summed E-state index contributed by atoms with van der Waals surface area (Å²) in [5.41, 5.74) is 8.34. The molecule has 5 nitrogen and oxygen atoms in total.